The Labute approximate surface area is 88.5 Å². The molecule has 15 heavy (non-hydrogen) atoms. The molecule has 2 rings (SSSR count). The average molecular weight is 204 g/mol. The van der Waals surface area contributed by atoms with Crippen molar-refractivity contribution in [2.75, 3.05) is 7.05 Å². The van der Waals surface area contributed by atoms with Gasteiger partial charge in [-0.05, 0) is 29.3 Å². The van der Waals surface area contributed by atoms with Crippen molar-refractivity contribution in [2.45, 2.75) is 6.17 Å². The van der Waals surface area contributed by atoms with Crippen molar-refractivity contribution < 1.29 is 4.39 Å². The smallest absolute Gasteiger partial charge is 0.123 e. The highest BCUT2D eigenvalue weighted by Gasteiger charge is 2.09. The van der Waals surface area contributed by atoms with Crippen molar-refractivity contribution in [2.24, 2.45) is 5.73 Å². The standard InChI is InChI=1S/C12H13FN2/c1-15-8-10(4-7-12(15)14)9-2-5-11(13)6-3-9/h2-8,12H,14H2,1H3. The third-order valence-electron chi connectivity index (χ3n) is 2.46. The van der Waals surface area contributed by atoms with Crippen LogP contribution in [0.1, 0.15) is 5.56 Å². The highest BCUT2D eigenvalue weighted by molar-refractivity contribution is 5.74. The molecule has 0 aliphatic carbocycles. The normalized spacial score (nSPS) is 20.3. The topological polar surface area (TPSA) is 29.3 Å². The van der Waals surface area contributed by atoms with Gasteiger partial charge in [-0.15, -0.1) is 0 Å². The SMILES string of the molecule is CN1C=C(c2ccc(F)cc2)C=CC1N. The van der Waals surface area contributed by atoms with E-state index in [1.807, 2.05) is 30.3 Å². The number of nitrogens with zero attached hydrogens (tertiary/aromatic N) is 1. The van der Waals surface area contributed by atoms with Crippen LogP contribution in [0.2, 0.25) is 0 Å². The zero-order valence-corrected chi connectivity index (χ0v) is 8.52. The first-order valence-corrected chi connectivity index (χ1v) is 4.80. The molecule has 2 N–H and O–H groups in total. The Hall–Kier alpha value is -1.61. The summed E-state index contributed by atoms with van der Waals surface area (Å²) in [6.45, 7) is 0. The average Bonchev–Trinajstić information content (AvgIpc) is 2.23. The van der Waals surface area contributed by atoms with Crippen molar-refractivity contribution >= 4 is 5.57 Å². The predicted octanol–water partition coefficient (Wildman–Crippen LogP) is 1.95. The summed E-state index contributed by atoms with van der Waals surface area (Å²) in [6.07, 6.45) is 5.75. The van der Waals surface area contributed by atoms with Crippen molar-refractivity contribution in [1.29, 1.82) is 0 Å². The number of benzene rings is 1. The third kappa shape index (κ3) is 2.07. The Kier molecular flexibility index (Phi) is 2.56. The van der Waals surface area contributed by atoms with E-state index < -0.39 is 0 Å². The van der Waals surface area contributed by atoms with E-state index >= 15 is 0 Å². The molecule has 0 bridgehead atoms. The summed E-state index contributed by atoms with van der Waals surface area (Å²) >= 11 is 0. The van der Waals surface area contributed by atoms with Crippen LogP contribution in [-0.4, -0.2) is 18.1 Å². The largest absolute Gasteiger partial charge is 0.361 e. The molecule has 1 aromatic carbocycles. The molecule has 1 heterocycles. The maximum absolute atomic E-state index is 12.7. The Morgan fingerprint density at radius 2 is 1.93 bits per heavy atom. The molecule has 1 atom stereocenters. The summed E-state index contributed by atoms with van der Waals surface area (Å²) in [6, 6.07) is 6.43. The molecule has 1 aliphatic heterocycles. The first-order valence-electron chi connectivity index (χ1n) is 4.80. The van der Waals surface area contributed by atoms with Gasteiger partial charge in [0.1, 0.15) is 5.82 Å². The summed E-state index contributed by atoms with van der Waals surface area (Å²) in [5, 5.41) is 0. The molecule has 0 saturated heterocycles. The van der Waals surface area contributed by atoms with Gasteiger partial charge in [0.05, 0.1) is 6.17 Å². The fourth-order valence-electron chi connectivity index (χ4n) is 1.50. The van der Waals surface area contributed by atoms with E-state index in [1.165, 1.54) is 12.1 Å². The molecule has 1 unspecified atom stereocenters. The van der Waals surface area contributed by atoms with E-state index in [0.29, 0.717) is 0 Å². The van der Waals surface area contributed by atoms with Crippen LogP contribution < -0.4 is 5.73 Å². The molecule has 3 heteroatoms. The first-order chi connectivity index (χ1) is 7.16. The molecule has 78 valence electrons. The van der Waals surface area contributed by atoms with E-state index in [-0.39, 0.29) is 12.0 Å². The zero-order chi connectivity index (χ0) is 10.8. The van der Waals surface area contributed by atoms with Gasteiger partial charge in [-0.3, -0.25) is 0 Å². The van der Waals surface area contributed by atoms with Crippen LogP contribution in [-0.2, 0) is 0 Å². The highest BCUT2D eigenvalue weighted by atomic mass is 19.1. The lowest BCUT2D eigenvalue weighted by molar-refractivity contribution is 0.391. The van der Waals surface area contributed by atoms with Gasteiger partial charge in [0.25, 0.3) is 0 Å². The second kappa shape index (κ2) is 3.87. The van der Waals surface area contributed by atoms with Gasteiger partial charge in [0.15, 0.2) is 0 Å². The number of hydrogen-bond donors (Lipinski definition) is 1. The van der Waals surface area contributed by atoms with E-state index in [2.05, 4.69) is 0 Å². The molecule has 0 spiro atoms. The van der Waals surface area contributed by atoms with Crippen LogP contribution in [0, 0.1) is 5.82 Å². The Morgan fingerprint density at radius 1 is 1.27 bits per heavy atom. The van der Waals surface area contributed by atoms with E-state index in [1.54, 1.807) is 12.1 Å². The maximum atomic E-state index is 12.7. The number of hydrogen-bond acceptors (Lipinski definition) is 2. The molecular formula is C12H13FN2. The third-order valence-corrected chi connectivity index (χ3v) is 2.46. The Morgan fingerprint density at radius 3 is 2.53 bits per heavy atom. The highest BCUT2D eigenvalue weighted by Crippen LogP contribution is 2.20. The van der Waals surface area contributed by atoms with Gasteiger partial charge in [0.2, 0.25) is 0 Å². The molecule has 0 amide bonds. The second-order valence-electron chi connectivity index (χ2n) is 3.61. The molecule has 1 aliphatic rings. The number of allylic oxidation sites excluding steroid dienone is 2. The van der Waals surface area contributed by atoms with Gasteiger partial charge in [-0.1, -0.05) is 18.2 Å². The summed E-state index contributed by atoms with van der Waals surface area (Å²) in [5.74, 6) is -0.218. The molecule has 0 aromatic heterocycles. The van der Waals surface area contributed by atoms with E-state index in [9.17, 15) is 4.39 Å². The van der Waals surface area contributed by atoms with Crippen LogP contribution in [0.15, 0.2) is 42.6 Å². The fourth-order valence-corrected chi connectivity index (χ4v) is 1.50. The second-order valence-corrected chi connectivity index (χ2v) is 3.61. The minimum absolute atomic E-state index is 0.0748. The van der Waals surface area contributed by atoms with Gasteiger partial charge in [0, 0.05) is 13.2 Å². The number of likely N-dealkylation sites (N-methyl/N-ethyl adjacent to an activating group) is 1. The number of nitrogens with two attached hydrogens (primary N) is 1. The summed E-state index contributed by atoms with van der Waals surface area (Å²) in [4.78, 5) is 1.92. The minimum atomic E-state index is -0.218. The first kappa shape index (κ1) is 9.93. The minimum Gasteiger partial charge on any atom is -0.361 e. The number of halogens is 1. The van der Waals surface area contributed by atoms with Gasteiger partial charge < -0.3 is 10.6 Å². The zero-order valence-electron chi connectivity index (χ0n) is 8.52. The van der Waals surface area contributed by atoms with Gasteiger partial charge in [-0.2, -0.15) is 0 Å². The Bertz CT molecular complexity index is 406. The van der Waals surface area contributed by atoms with Gasteiger partial charge in [-0.25, -0.2) is 4.39 Å². The van der Waals surface area contributed by atoms with E-state index in [0.717, 1.165) is 11.1 Å². The lowest BCUT2D eigenvalue weighted by Gasteiger charge is -2.24. The van der Waals surface area contributed by atoms with Crippen molar-refractivity contribution in [3.63, 3.8) is 0 Å². The van der Waals surface area contributed by atoms with Crippen LogP contribution in [0.3, 0.4) is 0 Å². The molecule has 0 saturated carbocycles. The fraction of sp³-hybridized carbons (Fsp3) is 0.167. The molecule has 2 nitrogen and oxygen atoms in total. The van der Waals surface area contributed by atoms with Gasteiger partial charge >= 0.3 is 0 Å². The summed E-state index contributed by atoms with van der Waals surface area (Å²) in [7, 11) is 1.91. The van der Waals surface area contributed by atoms with Crippen LogP contribution in [0.4, 0.5) is 4.39 Å². The predicted molar refractivity (Wildman–Crippen MR) is 59.3 cm³/mol. The van der Waals surface area contributed by atoms with Crippen molar-refractivity contribution in [1.82, 2.24) is 4.90 Å². The lowest BCUT2D eigenvalue weighted by Crippen LogP contribution is -2.35. The quantitative estimate of drug-likeness (QED) is 0.757. The van der Waals surface area contributed by atoms with Crippen LogP contribution >= 0.6 is 0 Å². The summed E-state index contributed by atoms with van der Waals surface area (Å²) in [5.41, 5.74) is 7.81. The molecule has 0 fully saturated rings. The van der Waals surface area contributed by atoms with Crippen LogP contribution in [0.25, 0.3) is 5.57 Å². The maximum Gasteiger partial charge on any atom is 0.123 e. The van der Waals surface area contributed by atoms with Crippen LogP contribution in [0.5, 0.6) is 0 Å². The molecular weight excluding hydrogens is 191 g/mol. The van der Waals surface area contributed by atoms with E-state index in [4.69, 9.17) is 5.73 Å². The van der Waals surface area contributed by atoms with Crippen molar-refractivity contribution in [3.8, 4) is 0 Å². The molecule has 1 aromatic rings. The van der Waals surface area contributed by atoms with Crippen molar-refractivity contribution in [3.05, 3.63) is 54.0 Å². The monoisotopic (exact) mass is 204 g/mol. The summed E-state index contributed by atoms with van der Waals surface area (Å²) < 4.78 is 12.7. The number of rotatable bonds is 1. The Balaban J connectivity index is 2.29. The molecule has 0 radical (unpaired) electrons. The lowest BCUT2D eigenvalue weighted by atomic mass is 10.0.